The normalized spacial score (nSPS) is 18.1. The summed E-state index contributed by atoms with van der Waals surface area (Å²) in [6, 6.07) is 12.3. The van der Waals surface area contributed by atoms with E-state index in [1.807, 2.05) is 0 Å². The molecular weight excluding hydrogens is 444 g/mol. The zero-order valence-electron chi connectivity index (χ0n) is 19.1. The second-order valence-electron chi connectivity index (χ2n) is 8.92. The highest BCUT2D eigenvalue weighted by atomic mass is 19.2. The van der Waals surface area contributed by atoms with Crippen LogP contribution in [0.5, 0.6) is 11.5 Å². The molecule has 0 atom stereocenters. The number of phenolic OH excluding ortho intramolecular Hbond substituents is 1. The van der Waals surface area contributed by atoms with E-state index in [0.29, 0.717) is 35.4 Å². The summed E-state index contributed by atoms with van der Waals surface area (Å²) in [6.45, 7) is 1.98. The lowest BCUT2D eigenvalue weighted by molar-refractivity contribution is 0.301. The van der Waals surface area contributed by atoms with E-state index >= 15 is 0 Å². The van der Waals surface area contributed by atoms with Crippen LogP contribution >= 0.6 is 0 Å². The van der Waals surface area contributed by atoms with Crippen molar-refractivity contribution in [2.24, 2.45) is 5.92 Å². The summed E-state index contributed by atoms with van der Waals surface area (Å²) in [5.41, 5.74) is 1.39. The maximum absolute atomic E-state index is 14.9. The van der Waals surface area contributed by atoms with Crippen LogP contribution in [0.1, 0.15) is 56.1 Å². The largest absolute Gasteiger partial charge is 0.508 e. The maximum Gasteiger partial charge on any atom is 0.200 e. The molecule has 2 nitrogen and oxygen atoms in total. The van der Waals surface area contributed by atoms with Crippen LogP contribution in [-0.4, -0.2) is 11.7 Å². The molecule has 3 aromatic carbocycles. The molecule has 0 bridgehead atoms. The van der Waals surface area contributed by atoms with Gasteiger partial charge in [0.05, 0.1) is 6.61 Å². The Morgan fingerprint density at radius 1 is 0.794 bits per heavy atom. The summed E-state index contributed by atoms with van der Waals surface area (Å²) in [5, 5.41) is 9.41. The molecule has 4 rings (SSSR count). The highest BCUT2D eigenvalue weighted by molar-refractivity contribution is 5.65. The summed E-state index contributed by atoms with van der Waals surface area (Å²) in [6.07, 6.45) is 4.24. The molecule has 34 heavy (non-hydrogen) atoms. The quantitative estimate of drug-likeness (QED) is 0.354. The predicted molar refractivity (Wildman–Crippen MR) is 124 cm³/mol. The monoisotopic (exact) mass is 472 g/mol. The Morgan fingerprint density at radius 3 is 2.18 bits per heavy atom. The van der Waals surface area contributed by atoms with Gasteiger partial charge in [-0.1, -0.05) is 30.3 Å². The average Bonchev–Trinajstić information content (AvgIpc) is 2.84. The number of aromatic hydroxyl groups is 1. The van der Waals surface area contributed by atoms with Crippen molar-refractivity contribution >= 4 is 0 Å². The first kappa shape index (κ1) is 24.1. The van der Waals surface area contributed by atoms with Crippen molar-refractivity contribution in [2.75, 3.05) is 6.61 Å². The molecule has 6 heteroatoms. The van der Waals surface area contributed by atoms with E-state index < -0.39 is 23.3 Å². The van der Waals surface area contributed by atoms with E-state index in [9.17, 15) is 22.7 Å². The maximum atomic E-state index is 14.9. The number of rotatable bonds is 7. The molecule has 1 saturated carbocycles. The fraction of sp³-hybridized carbons (Fsp3) is 0.357. The van der Waals surface area contributed by atoms with E-state index in [-0.39, 0.29) is 29.6 Å². The molecule has 0 aromatic heterocycles. The van der Waals surface area contributed by atoms with E-state index in [0.717, 1.165) is 25.7 Å². The molecule has 1 N–H and O–H groups in total. The zero-order valence-corrected chi connectivity index (χ0v) is 19.1. The number of hydrogen-bond acceptors (Lipinski definition) is 2. The summed E-state index contributed by atoms with van der Waals surface area (Å²) in [5.74, 6) is -3.25. The minimum absolute atomic E-state index is 0.0633. The molecule has 3 aromatic rings. The van der Waals surface area contributed by atoms with Crippen LogP contribution in [-0.2, 0) is 6.42 Å². The molecule has 0 spiro atoms. The number of ether oxygens (including phenoxy) is 1. The Balaban J connectivity index is 1.37. The fourth-order valence-corrected chi connectivity index (χ4v) is 4.90. The van der Waals surface area contributed by atoms with E-state index in [1.165, 1.54) is 18.2 Å². The van der Waals surface area contributed by atoms with Crippen molar-refractivity contribution < 1.29 is 27.4 Å². The van der Waals surface area contributed by atoms with Gasteiger partial charge in [-0.2, -0.15) is 4.39 Å². The van der Waals surface area contributed by atoms with Crippen LogP contribution in [0, 0.1) is 29.2 Å². The molecule has 1 fully saturated rings. The minimum Gasteiger partial charge on any atom is -0.508 e. The van der Waals surface area contributed by atoms with Crippen molar-refractivity contribution in [3.05, 3.63) is 82.9 Å². The van der Waals surface area contributed by atoms with Gasteiger partial charge in [-0.3, -0.25) is 0 Å². The molecule has 0 amide bonds. The summed E-state index contributed by atoms with van der Waals surface area (Å²) in [4.78, 5) is 0. The van der Waals surface area contributed by atoms with E-state index in [1.54, 1.807) is 37.3 Å². The van der Waals surface area contributed by atoms with Crippen LogP contribution in [0.2, 0.25) is 0 Å². The van der Waals surface area contributed by atoms with Gasteiger partial charge in [-0.15, -0.1) is 0 Å². The Labute approximate surface area is 197 Å². The highest BCUT2D eigenvalue weighted by Gasteiger charge is 2.27. The highest BCUT2D eigenvalue weighted by Crippen LogP contribution is 2.40. The second-order valence-corrected chi connectivity index (χ2v) is 8.92. The lowest BCUT2D eigenvalue weighted by Gasteiger charge is -2.29. The molecule has 180 valence electrons. The molecule has 0 unspecified atom stereocenters. The smallest absolute Gasteiger partial charge is 0.200 e. The number of aryl methyl sites for hydroxylation is 1. The summed E-state index contributed by atoms with van der Waals surface area (Å²) < 4.78 is 63.3. The third kappa shape index (κ3) is 5.06. The molecule has 0 saturated heterocycles. The molecular formula is C28H28F4O2. The van der Waals surface area contributed by atoms with Gasteiger partial charge in [0.15, 0.2) is 23.2 Å². The van der Waals surface area contributed by atoms with Crippen LogP contribution in [0.15, 0.2) is 48.5 Å². The Bertz CT molecular complexity index is 1140. The molecule has 0 aliphatic heterocycles. The van der Waals surface area contributed by atoms with Crippen molar-refractivity contribution in [1.29, 1.82) is 0 Å². The van der Waals surface area contributed by atoms with Gasteiger partial charge < -0.3 is 9.84 Å². The van der Waals surface area contributed by atoms with Crippen LogP contribution in [0.4, 0.5) is 17.6 Å². The van der Waals surface area contributed by atoms with Gasteiger partial charge >= 0.3 is 0 Å². The molecule has 0 heterocycles. The molecule has 0 radical (unpaired) electrons. The summed E-state index contributed by atoms with van der Waals surface area (Å²) in [7, 11) is 0. The van der Waals surface area contributed by atoms with Gasteiger partial charge in [-0.25, -0.2) is 13.2 Å². The van der Waals surface area contributed by atoms with Crippen LogP contribution < -0.4 is 4.74 Å². The Morgan fingerprint density at radius 2 is 1.50 bits per heavy atom. The number of phenols is 1. The lowest BCUT2D eigenvalue weighted by Crippen LogP contribution is -2.16. The van der Waals surface area contributed by atoms with Gasteiger partial charge in [-0.05, 0) is 92.2 Å². The SMILES string of the molecule is CCOc1ccc(CCC2CCC(c3ccc(-c4ccc(O)cc4)c(F)c3F)CC2)c(F)c1F. The fourth-order valence-electron chi connectivity index (χ4n) is 4.90. The third-order valence-electron chi connectivity index (χ3n) is 6.83. The van der Waals surface area contributed by atoms with Crippen molar-refractivity contribution in [3.8, 4) is 22.6 Å². The zero-order chi connectivity index (χ0) is 24.2. The first-order valence-corrected chi connectivity index (χ1v) is 11.8. The predicted octanol–water partition coefficient (Wildman–Crippen LogP) is 7.92. The first-order chi connectivity index (χ1) is 16.4. The third-order valence-corrected chi connectivity index (χ3v) is 6.83. The number of benzene rings is 3. The van der Waals surface area contributed by atoms with Gasteiger partial charge in [0.2, 0.25) is 5.82 Å². The lowest BCUT2D eigenvalue weighted by atomic mass is 9.76. The molecule has 1 aliphatic carbocycles. The topological polar surface area (TPSA) is 29.5 Å². The van der Waals surface area contributed by atoms with E-state index in [4.69, 9.17) is 4.74 Å². The number of hydrogen-bond donors (Lipinski definition) is 1. The van der Waals surface area contributed by atoms with Gasteiger partial charge in [0, 0.05) is 5.56 Å². The average molecular weight is 473 g/mol. The van der Waals surface area contributed by atoms with Crippen molar-refractivity contribution in [2.45, 2.75) is 51.4 Å². The van der Waals surface area contributed by atoms with Crippen molar-refractivity contribution in [1.82, 2.24) is 0 Å². The molecule has 1 aliphatic rings. The van der Waals surface area contributed by atoms with Gasteiger partial charge in [0.25, 0.3) is 0 Å². The first-order valence-electron chi connectivity index (χ1n) is 11.8. The minimum atomic E-state index is -0.948. The van der Waals surface area contributed by atoms with E-state index in [2.05, 4.69) is 0 Å². The second kappa shape index (κ2) is 10.5. The van der Waals surface area contributed by atoms with Crippen LogP contribution in [0.3, 0.4) is 0 Å². The Hall–Kier alpha value is -3.02. The Kier molecular flexibility index (Phi) is 7.44. The number of halogens is 4. The standard InChI is InChI=1S/C28H28F4O2/c1-2-34-24-16-11-20(25(29)28(24)32)8-5-17-3-6-18(7-4-17)22-14-15-23(27(31)26(22)30)19-9-12-21(33)13-10-19/h9-18,33H,2-8H2,1H3. The van der Waals surface area contributed by atoms with Crippen LogP contribution in [0.25, 0.3) is 11.1 Å². The summed E-state index contributed by atoms with van der Waals surface area (Å²) >= 11 is 0. The van der Waals surface area contributed by atoms with Crippen molar-refractivity contribution in [3.63, 3.8) is 0 Å². The van der Waals surface area contributed by atoms with Gasteiger partial charge in [0.1, 0.15) is 5.75 Å².